The van der Waals surface area contributed by atoms with Crippen molar-refractivity contribution >= 4 is 5.97 Å². The van der Waals surface area contributed by atoms with Crippen molar-refractivity contribution in [2.45, 2.75) is 32.8 Å². The van der Waals surface area contributed by atoms with Gasteiger partial charge in [0.05, 0.1) is 6.61 Å². The van der Waals surface area contributed by atoms with Crippen LogP contribution >= 0.6 is 0 Å². The summed E-state index contributed by atoms with van der Waals surface area (Å²) in [6.07, 6.45) is 0.552. The Morgan fingerprint density at radius 2 is 1.89 bits per heavy atom. The van der Waals surface area contributed by atoms with Gasteiger partial charge < -0.3 is 14.6 Å². The molecule has 0 unspecified atom stereocenters. The van der Waals surface area contributed by atoms with Gasteiger partial charge in [0, 0.05) is 7.11 Å². The van der Waals surface area contributed by atoms with Crippen molar-refractivity contribution in [1.82, 2.24) is 0 Å². The van der Waals surface area contributed by atoms with Gasteiger partial charge in [-0.2, -0.15) is 0 Å². The molecule has 0 saturated carbocycles. The van der Waals surface area contributed by atoms with E-state index in [1.54, 1.807) is 19.2 Å². The molecule has 4 heteroatoms. The fourth-order valence-electron chi connectivity index (χ4n) is 1.75. The van der Waals surface area contributed by atoms with E-state index < -0.39 is 12.1 Å². The molecule has 106 valence electrons. The van der Waals surface area contributed by atoms with Crippen LogP contribution in [0.15, 0.2) is 24.3 Å². The average Bonchev–Trinajstić information content (AvgIpc) is 2.36. The number of methoxy groups -OCH3 is 1. The molecule has 0 spiro atoms. The molecule has 1 N–H and O–H groups in total. The molecule has 0 fully saturated rings. The molecule has 1 aromatic carbocycles. The maximum absolute atomic E-state index is 11.1. The lowest BCUT2D eigenvalue weighted by molar-refractivity contribution is -0.145. The molecule has 0 aromatic heterocycles. The van der Waals surface area contributed by atoms with Gasteiger partial charge >= 0.3 is 5.97 Å². The van der Waals surface area contributed by atoms with Crippen LogP contribution in [0.3, 0.4) is 0 Å². The van der Waals surface area contributed by atoms with Gasteiger partial charge in [-0.3, -0.25) is 0 Å². The molecule has 4 nitrogen and oxygen atoms in total. The molecule has 0 radical (unpaired) electrons. The standard InChI is InChI=1S/C15H22O4/c1-11(2)10-14(15(16)17)19-13-6-4-12(5-7-13)8-9-18-3/h4-7,11,14H,8-10H2,1-3H3,(H,16,17)/t14-/m1/s1. The lowest BCUT2D eigenvalue weighted by Gasteiger charge is -2.17. The SMILES string of the molecule is COCCc1ccc(O[C@H](CC(C)C)C(=O)O)cc1. The van der Waals surface area contributed by atoms with E-state index in [0.29, 0.717) is 18.8 Å². The van der Waals surface area contributed by atoms with E-state index in [1.807, 2.05) is 26.0 Å². The van der Waals surface area contributed by atoms with Crippen molar-refractivity contribution in [3.05, 3.63) is 29.8 Å². The van der Waals surface area contributed by atoms with E-state index in [4.69, 9.17) is 14.6 Å². The first-order valence-corrected chi connectivity index (χ1v) is 6.50. The second-order valence-corrected chi connectivity index (χ2v) is 4.96. The van der Waals surface area contributed by atoms with Crippen molar-refractivity contribution < 1.29 is 19.4 Å². The summed E-state index contributed by atoms with van der Waals surface area (Å²) < 4.78 is 10.5. The van der Waals surface area contributed by atoms with Crippen LogP contribution in [0.25, 0.3) is 0 Å². The number of hydrogen-bond acceptors (Lipinski definition) is 3. The minimum atomic E-state index is -0.919. The first-order valence-electron chi connectivity index (χ1n) is 6.50. The topological polar surface area (TPSA) is 55.8 Å². The van der Waals surface area contributed by atoms with E-state index in [2.05, 4.69) is 0 Å². The van der Waals surface area contributed by atoms with Crippen molar-refractivity contribution in [2.75, 3.05) is 13.7 Å². The molecule has 0 aliphatic rings. The molecular formula is C15H22O4. The van der Waals surface area contributed by atoms with Gasteiger partial charge in [0.15, 0.2) is 6.10 Å². The molecule has 0 saturated heterocycles. The number of carboxylic acid groups (broad SMARTS) is 1. The third-order valence-corrected chi connectivity index (χ3v) is 2.76. The van der Waals surface area contributed by atoms with Crippen LogP contribution in [0.4, 0.5) is 0 Å². The molecule has 1 atom stereocenters. The molecule has 0 aliphatic carbocycles. The maximum atomic E-state index is 11.1. The molecule has 0 amide bonds. The maximum Gasteiger partial charge on any atom is 0.344 e. The number of benzene rings is 1. The lowest BCUT2D eigenvalue weighted by Crippen LogP contribution is -2.28. The molecule has 19 heavy (non-hydrogen) atoms. The van der Waals surface area contributed by atoms with Gasteiger partial charge in [0.25, 0.3) is 0 Å². The zero-order chi connectivity index (χ0) is 14.3. The third-order valence-electron chi connectivity index (χ3n) is 2.76. The van der Waals surface area contributed by atoms with Crippen molar-refractivity contribution in [3.63, 3.8) is 0 Å². The van der Waals surface area contributed by atoms with E-state index in [-0.39, 0.29) is 5.92 Å². The van der Waals surface area contributed by atoms with Gasteiger partial charge in [0.2, 0.25) is 0 Å². The number of carboxylic acids is 1. The Hall–Kier alpha value is -1.55. The summed E-state index contributed by atoms with van der Waals surface area (Å²) in [5, 5.41) is 9.11. The summed E-state index contributed by atoms with van der Waals surface area (Å²) >= 11 is 0. The fraction of sp³-hybridized carbons (Fsp3) is 0.533. The summed E-state index contributed by atoms with van der Waals surface area (Å²) in [6, 6.07) is 7.48. The summed E-state index contributed by atoms with van der Waals surface area (Å²) in [5.74, 6) is -0.0477. The van der Waals surface area contributed by atoms with Crippen LogP contribution in [0.2, 0.25) is 0 Å². The molecular weight excluding hydrogens is 244 g/mol. The van der Waals surface area contributed by atoms with E-state index in [0.717, 1.165) is 12.0 Å². The first-order chi connectivity index (χ1) is 9.02. The van der Waals surface area contributed by atoms with Gasteiger partial charge in [-0.05, 0) is 36.5 Å². The van der Waals surface area contributed by atoms with Crippen LogP contribution in [0, 0.1) is 5.92 Å². The Kier molecular flexibility index (Phi) is 6.36. The zero-order valence-electron chi connectivity index (χ0n) is 11.8. The molecule has 0 aliphatic heterocycles. The highest BCUT2D eigenvalue weighted by atomic mass is 16.5. The Balaban J connectivity index is 2.61. The van der Waals surface area contributed by atoms with E-state index in [1.165, 1.54) is 0 Å². The monoisotopic (exact) mass is 266 g/mol. The smallest absolute Gasteiger partial charge is 0.344 e. The summed E-state index contributed by atoms with van der Waals surface area (Å²) in [4.78, 5) is 11.1. The summed E-state index contributed by atoms with van der Waals surface area (Å²) in [7, 11) is 1.67. The lowest BCUT2D eigenvalue weighted by atomic mass is 10.1. The minimum absolute atomic E-state index is 0.280. The van der Waals surface area contributed by atoms with Crippen LogP contribution in [-0.2, 0) is 16.0 Å². The zero-order valence-corrected chi connectivity index (χ0v) is 11.8. The molecule has 0 heterocycles. The highest BCUT2D eigenvalue weighted by molar-refractivity contribution is 5.72. The van der Waals surface area contributed by atoms with Gasteiger partial charge in [-0.1, -0.05) is 26.0 Å². The Morgan fingerprint density at radius 1 is 1.26 bits per heavy atom. The number of rotatable bonds is 8. The fourth-order valence-corrected chi connectivity index (χ4v) is 1.75. The highest BCUT2D eigenvalue weighted by Crippen LogP contribution is 2.17. The Morgan fingerprint density at radius 3 is 2.37 bits per heavy atom. The second kappa shape index (κ2) is 7.79. The van der Waals surface area contributed by atoms with Gasteiger partial charge in [-0.15, -0.1) is 0 Å². The molecule has 1 aromatic rings. The van der Waals surface area contributed by atoms with Crippen LogP contribution in [0.5, 0.6) is 5.75 Å². The van der Waals surface area contributed by atoms with Crippen molar-refractivity contribution in [1.29, 1.82) is 0 Å². The highest BCUT2D eigenvalue weighted by Gasteiger charge is 2.20. The predicted molar refractivity (Wildman–Crippen MR) is 73.5 cm³/mol. The van der Waals surface area contributed by atoms with Gasteiger partial charge in [0.1, 0.15) is 5.75 Å². The number of aliphatic carboxylic acids is 1. The van der Waals surface area contributed by atoms with Crippen LogP contribution in [-0.4, -0.2) is 30.9 Å². The number of carbonyl (C=O) groups is 1. The quantitative estimate of drug-likeness (QED) is 0.786. The number of ether oxygens (including phenoxy) is 2. The Bertz CT molecular complexity index is 384. The van der Waals surface area contributed by atoms with Crippen molar-refractivity contribution in [3.8, 4) is 5.75 Å². The first kappa shape index (κ1) is 15.5. The van der Waals surface area contributed by atoms with E-state index >= 15 is 0 Å². The second-order valence-electron chi connectivity index (χ2n) is 4.96. The molecule has 1 rings (SSSR count). The summed E-state index contributed by atoms with van der Waals surface area (Å²) in [6.45, 7) is 4.63. The predicted octanol–water partition coefficient (Wildman–Crippen LogP) is 2.75. The van der Waals surface area contributed by atoms with Crippen LogP contribution in [0.1, 0.15) is 25.8 Å². The normalized spacial score (nSPS) is 12.4. The third kappa shape index (κ3) is 5.75. The van der Waals surface area contributed by atoms with Crippen molar-refractivity contribution in [2.24, 2.45) is 5.92 Å². The van der Waals surface area contributed by atoms with Gasteiger partial charge in [-0.25, -0.2) is 4.79 Å². The largest absolute Gasteiger partial charge is 0.479 e. The minimum Gasteiger partial charge on any atom is -0.479 e. The molecule has 0 bridgehead atoms. The van der Waals surface area contributed by atoms with E-state index in [9.17, 15) is 4.79 Å². The average molecular weight is 266 g/mol. The summed E-state index contributed by atoms with van der Waals surface area (Å²) in [5.41, 5.74) is 1.14. The number of hydrogen-bond donors (Lipinski definition) is 1. The van der Waals surface area contributed by atoms with Crippen LogP contribution < -0.4 is 4.74 Å². The Labute approximate surface area is 114 Å².